The number of amides is 1. The first-order valence-corrected chi connectivity index (χ1v) is 14.3. The quantitative estimate of drug-likeness (QED) is 0.288. The highest BCUT2D eigenvalue weighted by atomic mass is 35.5. The molecule has 0 aliphatic rings. The summed E-state index contributed by atoms with van der Waals surface area (Å²) in [6, 6.07) is 9.74. The summed E-state index contributed by atoms with van der Waals surface area (Å²) in [4.78, 5) is 39.8. The van der Waals surface area contributed by atoms with Gasteiger partial charge in [0.05, 0.1) is 34.6 Å². The van der Waals surface area contributed by atoms with Crippen LogP contribution in [-0.2, 0) is 24.1 Å². The zero-order chi connectivity index (χ0) is 28.9. The van der Waals surface area contributed by atoms with E-state index < -0.39 is 22.0 Å². The summed E-state index contributed by atoms with van der Waals surface area (Å²) in [7, 11) is -0.338. The Morgan fingerprint density at radius 2 is 1.82 bits per heavy atom. The van der Waals surface area contributed by atoms with Crippen LogP contribution in [0.2, 0.25) is 5.15 Å². The molecule has 4 aromatic heterocycles. The van der Waals surface area contributed by atoms with Gasteiger partial charge in [0.25, 0.3) is 11.5 Å². The first kappa shape index (κ1) is 27.2. The average molecular weight is 581 g/mol. The summed E-state index contributed by atoms with van der Waals surface area (Å²) >= 11 is 6.00. The Kier molecular flexibility index (Phi) is 6.80. The van der Waals surface area contributed by atoms with Crippen molar-refractivity contribution in [3.8, 4) is 11.4 Å². The van der Waals surface area contributed by atoms with Crippen LogP contribution in [0.5, 0.6) is 0 Å². The number of carbonyl (C=O) groups excluding carboxylic acids is 1. The third-order valence-corrected chi connectivity index (χ3v) is 7.00. The Labute approximate surface area is 234 Å². The summed E-state index contributed by atoms with van der Waals surface area (Å²) in [5.41, 5.74) is 2.77. The van der Waals surface area contributed by atoms with Gasteiger partial charge in [0.2, 0.25) is 10.0 Å². The van der Waals surface area contributed by atoms with Gasteiger partial charge in [-0.1, -0.05) is 11.6 Å². The summed E-state index contributed by atoms with van der Waals surface area (Å²) < 4.78 is 28.4. The van der Waals surface area contributed by atoms with Gasteiger partial charge in [-0.25, -0.2) is 23.1 Å². The predicted octanol–water partition coefficient (Wildman–Crippen LogP) is 3.10. The summed E-state index contributed by atoms with van der Waals surface area (Å²) in [5.74, 6) is -0.495. The number of benzene rings is 1. The van der Waals surface area contributed by atoms with Crippen LogP contribution < -0.4 is 15.6 Å². The highest BCUT2D eigenvalue weighted by molar-refractivity contribution is 7.89. The minimum atomic E-state index is -3.84. The standard InChI is InChI=1S/C26H25ClN8O4S/c1-13-10-17-22(31-24(35(4)26(17)37)15-6-7-18-16(11-15)12-34(3)32-18)21(28-13)14(2)29-19-8-9-20(27)30-23(19)25(36)33-40(5,38)39/h6-12,14,29H,1-5H3,(H,33,36)/t14-/m1/s1. The lowest BCUT2D eigenvalue weighted by Crippen LogP contribution is -2.31. The van der Waals surface area contributed by atoms with E-state index in [1.807, 2.05) is 36.2 Å². The molecule has 1 amide bonds. The molecule has 0 bridgehead atoms. The van der Waals surface area contributed by atoms with Crippen LogP contribution in [0.1, 0.15) is 34.8 Å². The second-order valence-corrected chi connectivity index (χ2v) is 11.7. The first-order valence-electron chi connectivity index (χ1n) is 12.1. The number of rotatable bonds is 6. The molecule has 1 aromatic carbocycles. The average Bonchev–Trinajstić information content (AvgIpc) is 3.25. The molecule has 206 valence electrons. The van der Waals surface area contributed by atoms with E-state index in [0.29, 0.717) is 28.1 Å². The van der Waals surface area contributed by atoms with Gasteiger partial charge in [-0.3, -0.25) is 23.8 Å². The number of anilines is 1. The van der Waals surface area contributed by atoms with Gasteiger partial charge in [0.1, 0.15) is 16.5 Å². The van der Waals surface area contributed by atoms with Gasteiger partial charge >= 0.3 is 0 Å². The number of pyridine rings is 2. The van der Waals surface area contributed by atoms with Crippen molar-refractivity contribution < 1.29 is 13.2 Å². The molecule has 5 aromatic rings. The second kappa shape index (κ2) is 9.99. The first-order chi connectivity index (χ1) is 18.8. The van der Waals surface area contributed by atoms with Gasteiger partial charge in [0, 0.05) is 36.9 Å². The molecule has 0 aliphatic heterocycles. The SMILES string of the molecule is Cc1cc2c(=O)n(C)c(-c3ccc4nn(C)cc4c3)nc2c([C@@H](C)Nc2ccc(Cl)nc2C(=O)NS(C)(=O)=O)n1. The van der Waals surface area contributed by atoms with Crippen molar-refractivity contribution in [2.75, 3.05) is 11.6 Å². The molecule has 0 saturated carbocycles. The van der Waals surface area contributed by atoms with Crippen molar-refractivity contribution in [2.45, 2.75) is 19.9 Å². The van der Waals surface area contributed by atoms with Crippen molar-refractivity contribution in [3.63, 3.8) is 0 Å². The molecule has 40 heavy (non-hydrogen) atoms. The molecule has 0 aliphatic carbocycles. The summed E-state index contributed by atoms with van der Waals surface area (Å²) in [5, 5.41) is 8.86. The lowest BCUT2D eigenvalue weighted by molar-refractivity contribution is 0.0977. The Morgan fingerprint density at radius 1 is 1.07 bits per heavy atom. The molecular weight excluding hydrogens is 556 g/mol. The van der Waals surface area contributed by atoms with E-state index >= 15 is 0 Å². The molecule has 0 spiro atoms. The van der Waals surface area contributed by atoms with E-state index in [1.165, 1.54) is 16.7 Å². The molecule has 4 heterocycles. The van der Waals surface area contributed by atoms with Gasteiger partial charge in [0.15, 0.2) is 5.69 Å². The van der Waals surface area contributed by atoms with Gasteiger partial charge in [-0.2, -0.15) is 5.10 Å². The van der Waals surface area contributed by atoms with Crippen molar-refractivity contribution >= 4 is 55.0 Å². The largest absolute Gasteiger partial charge is 0.375 e. The number of aryl methyl sites for hydroxylation is 2. The van der Waals surface area contributed by atoms with Crippen LogP contribution in [0.3, 0.4) is 0 Å². The number of aromatic nitrogens is 6. The fourth-order valence-electron chi connectivity index (χ4n) is 4.52. The Bertz CT molecular complexity index is 2000. The number of fused-ring (bicyclic) bond motifs is 2. The fourth-order valence-corrected chi connectivity index (χ4v) is 5.10. The van der Waals surface area contributed by atoms with Crippen LogP contribution >= 0.6 is 11.6 Å². The maximum absolute atomic E-state index is 13.5. The number of sulfonamides is 1. The van der Waals surface area contributed by atoms with Gasteiger partial charge in [-0.15, -0.1) is 0 Å². The zero-order valence-electron chi connectivity index (χ0n) is 22.2. The van der Waals surface area contributed by atoms with Crippen LogP contribution in [0.4, 0.5) is 5.69 Å². The number of nitrogens with one attached hydrogen (secondary N) is 2. The molecule has 0 unspecified atom stereocenters. The molecule has 5 rings (SSSR count). The van der Waals surface area contributed by atoms with Crippen LogP contribution in [0, 0.1) is 6.92 Å². The third kappa shape index (κ3) is 5.25. The molecule has 12 nitrogen and oxygen atoms in total. The molecule has 14 heteroatoms. The van der Waals surface area contributed by atoms with Crippen molar-refractivity contribution in [1.82, 2.24) is 34.0 Å². The Balaban J connectivity index is 1.62. The van der Waals surface area contributed by atoms with E-state index in [4.69, 9.17) is 16.6 Å². The fraction of sp³-hybridized carbons (Fsp3) is 0.231. The number of nitrogens with zero attached hydrogens (tertiary/aromatic N) is 6. The van der Waals surface area contributed by atoms with Crippen molar-refractivity contribution in [2.24, 2.45) is 14.1 Å². The summed E-state index contributed by atoms with van der Waals surface area (Å²) in [6.45, 7) is 3.56. The minimum absolute atomic E-state index is 0.0105. The predicted molar refractivity (Wildman–Crippen MR) is 153 cm³/mol. The van der Waals surface area contributed by atoms with E-state index in [2.05, 4.69) is 20.4 Å². The van der Waals surface area contributed by atoms with Gasteiger partial charge < -0.3 is 5.32 Å². The van der Waals surface area contributed by atoms with E-state index in [1.54, 1.807) is 31.6 Å². The van der Waals surface area contributed by atoms with Crippen LogP contribution in [0.15, 0.2) is 47.4 Å². The Hall–Kier alpha value is -4.36. The summed E-state index contributed by atoms with van der Waals surface area (Å²) in [6.07, 6.45) is 2.75. The molecule has 0 radical (unpaired) electrons. The smallest absolute Gasteiger partial charge is 0.285 e. The highest BCUT2D eigenvalue weighted by Crippen LogP contribution is 2.28. The lowest BCUT2D eigenvalue weighted by atomic mass is 10.1. The van der Waals surface area contributed by atoms with E-state index in [-0.39, 0.29) is 22.1 Å². The number of halogens is 1. The highest BCUT2D eigenvalue weighted by Gasteiger charge is 2.23. The maximum Gasteiger partial charge on any atom is 0.285 e. The lowest BCUT2D eigenvalue weighted by Gasteiger charge is -2.19. The maximum atomic E-state index is 13.5. The molecule has 0 fully saturated rings. The molecular formula is C26H25ClN8O4S. The van der Waals surface area contributed by atoms with Crippen molar-refractivity contribution in [3.05, 3.63) is 75.2 Å². The molecule has 2 N–H and O–H groups in total. The number of hydrogen-bond donors (Lipinski definition) is 2. The molecule has 0 saturated heterocycles. The molecule has 1 atom stereocenters. The third-order valence-electron chi connectivity index (χ3n) is 6.23. The van der Waals surface area contributed by atoms with Gasteiger partial charge in [-0.05, 0) is 50.2 Å². The second-order valence-electron chi connectivity index (χ2n) is 9.52. The topological polar surface area (TPSA) is 154 Å². The van der Waals surface area contributed by atoms with Crippen LogP contribution in [-0.4, -0.2) is 49.9 Å². The van der Waals surface area contributed by atoms with E-state index in [0.717, 1.165) is 22.7 Å². The van der Waals surface area contributed by atoms with Crippen molar-refractivity contribution in [1.29, 1.82) is 0 Å². The minimum Gasteiger partial charge on any atom is -0.375 e. The normalized spacial score (nSPS) is 12.6. The number of hydrogen-bond acceptors (Lipinski definition) is 9. The number of carbonyl (C=O) groups is 1. The zero-order valence-corrected chi connectivity index (χ0v) is 23.8. The monoisotopic (exact) mass is 580 g/mol. The van der Waals surface area contributed by atoms with Crippen LogP contribution in [0.25, 0.3) is 33.2 Å². The Morgan fingerprint density at radius 3 is 2.55 bits per heavy atom. The van der Waals surface area contributed by atoms with E-state index in [9.17, 15) is 18.0 Å².